The number of aliphatic hydroxyl groups excluding tert-OH is 1. The molecule has 0 saturated carbocycles. The summed E-state index contributed by atoms with van der Waals surface area (Å²) in [6.07, 6.45) is 0.195. The zero-order valence-electron chi connectivity index (χ0n) is 8.69. The first-order valence-electron chi connectivity index (χ1n) is 5.14. The zero-order valence-corrected chi connectivity index (χ0v) is 8.69. The third-order valence-electron chi connectivity index (χ3n) is 2.71. The minimum Gasteiger partial charge on any atom is -0.396 e. The van der Waals surface area contributed by atoms with Crippen LogP contribution in [0.25, 0.3) is 0 Å². The highest BCUT2D eigenvalue weighted by molar-refractivity contribution is 5.97. The molecule has 5 heteroatoms. The number of hydrogen-bond donors (Lipinski definition) is 2. The molecule has 1 aromatic carbocycles. The van der Waals surface area contributed by atoms with E-state index in [2.05, 4.69) is 0 Å². The number of halogens is 1. The number of carbonyl (C=O) groups is 1. The van der Waals surface area contributed by atoms with Crippen LogP contribution in [-0.4, -0.2) is 23.7 Å². The van der Waals surface area contributed by atoms with E-state index in [1.807, 2.05) is 0 Å². The smallest absolute Gasteiger partial charge is 0.255 e. The summed E-state index contributed by atoms with van der Waals surface area (Å²) >= 11 is 0. The van der Waals surface area contributed by atoms with Crippen molar-refractivity contribution in [1.82, 2.24) is 0 Å². The highest BCUT2D eigenvalue weighted by atomic mass is 19.1. The topological polar surface area (TPSA) is 66.6 Å². The summed E-state index contributed by atoms with van der Waals surface area (Å²) in [5.74, 6) is -0.930. The fourth-order valence-electron chi connectivity index (χ4n) is 1.80. The van der Waals surface area contributed by atoms with Crippen molar-refractivity contribution < 1.29 is 14.3 Å². The van der Waals surface area contributed by atoms with Crippen LogP contribution in [0.5, 0.6) is 0 Å². The van der Waals surface area contributed by atoms with Crippen molar-refractivity contribution in [3.63, 3.8) is 0 Å². The molecule has 16 heavy (non-hydrogen) atoms. The summed E-state index contributed by atoms with van der Waals surface area (Å²) in [5.41, 5.74) is 5.84. The molecule has 3 N–H and O–H groups in total. The Morgan fingerprint density at radius 3 is 2.94 bits per heavy atom. The van der Waals surface area contributed by atoms with Crippen LogP contribution in [0.3, 0.4) is 0 Å². The van der Waals surface area contributed by atoms with E-state index in [0.717, 1.165) is 0 Å². The molecule has 0 bridgehead atoms. The van der Waals surface area contributed by atoms with Crippen molar-refractivity contribution in [2.45, 2.75) is 18.9 Å². The number of nitrogens with zero attached hydrogens (tertiary/aromatic N) is 1. The molecule has 2 rings (SSSR count). The van der Waals surface area contributed by atoms with Crippen molar-refractivity contribution >= 4 is 17.3 Å². The van der Waals surface area contributed by atoms with Gasteiger partial charge in [-0.1, -0.05) is 0 Å². The van der Waals surface area contributed by atoms with Crippen molar-refractivity contribution in [3.8, 4) is 0 Å². The number of hydrogen-bond acceptors (Lipinski definition) is 3. The number of aliphatic hydroxyl groups is 1. The lowest BCUT2D eigenvalue weighted by Crippen LogP contribution is -2.44. The molecule has 4 nitrogen and oxygen atoms in total. The molecular weight excluding hydrogens is 211 g/mol. The predicted octanol–water partition coefficient (Wildman–Crippen LogP) is 0.896. The van der Waals surface area contributed by atoms with Crippen molar-refractivity contribution in [2.24, 2.45) is 0 Å². The first-order valence-corrected chi connectivity index (χ1v) is 5.14. The molecule has 0 aliphatic carbocycles. The van der Waals surface area contributed by atoms with Gasteiger partial charge in [0.15, 0.2) is 0 Å². The second-order valence-corrected chi connectivity index (χ2v) is 3.85. The molecular formula is C11H13FN2O2. The first-order chi connectivity index (χ1) is 7.59. The number of benzene rings is 1. The molecule has 1 unspecified atom stereocenters. The summed E-state index contributed by atoms with van der Waals surface area (Å²) in [7, 11) is 0. The van der Waals surface area contributed by atoms with Crippen molar-refractivity contribution in [2.75, 3.05) is 17.2 Å². The van der Waals surface area contributed by atoms with E-state index >= 15 is 0 Å². The molecule has 1 heterocycles. The Morgan fingerprint density at radius 2 is 2.25 bits per heavy atom. The minimum atomic E-state index is -0.977. The lowest BCUT2D eigenvalue weighted by molar-refractivity contribution is -0.128. The second kappa shape index (κ2) is 4.09. The molecule has 1 aromatic rings. The van der Waals surface area contributed by atoms with Crippen LogP contribution in [-0.2, 0) is 4.79 Å². The van der Waals surface area contributed by atoms with E-state index in [0.29, 0.717) is 25.1 Å². The maximum atomic E-state index is 13.2. The van der Waals surface area contributed by atoms with Gasteiger partial charge in [-0.3, -0.25) is 4.79 Å². The van der Waals surface area contributed by atoms with E-state index in [1.165, 1.54) is 17.0 Å². The van der Waals surface area contributed by atoms with Gasteiger partial charge in [0.2, 0.25) is 0 Å². The van der Waals surface area contributed by atoms with E-state index in [9.17, 15) is 14.3 Å². The number of carbonyl (C=O) groups excluding carboxylic acids is 1. The average Bonchev–Trinajstić information content (AvgIpc) is 2.26. The zero-order chi connectivity index (χ0) is 11.7. The lowest BCUT2D eigenvalue weighted by Gasteiger charge is -2.29. The molecule has 1 fully saturated rings. The Hall–Kier alpha value is -1.62. The van der Waals surface area contributed by atoms with Gasteiger partial charge in [0.1, 0.15) is 11.9 Å². The Labute approximate surface area is 92.5 Å². The van der Waals surface area contributed by atoms with Crippen LogP contribution >= 0.6 is 0 Å². The maximum absolute atomic E-state index is 13.2. The SMILES string of the molecule is Nc1ccc(N2CCCC(O)C2=O)cc1F. The molecule has 0 spiro atoms. The molecule has 0 radical (unpaired) electrons. The van der Waals surface area contributed by atoms with Crippen molar-refractivity contribution in [1.29, 1.82) is 0 Å². The van der Waals surface area contributed by atoms with Gasteiger partial charge in [0.25, 0.3) is 5.91 Å². The molecule has 1 aliphatic heterocycles. The summed E-state index contributed by atoms with van der Waals surface area (Å²) in [6, 6.07) is 4.21. The molecule has 86 valence electrons. The quantitative estimate of drug-likeness (QED) is 0.696. The van der Waals surface area contributed by atoms with Gasteiger partial charge in [-0.05, 0) is 31.0 Å². The normalized spacial score (nSPS) is 21.2. The van der Waals surface area contributed by atoms with Crippen LogP contribution in [0.15, 0.2) is 18.2 Å². The fraction of sp³-hybridized carbons (Fsp3) is 0.364. The third kappa shape index (κ3) is 1.86. The first kappa shape index (κ1) is 10.9. The summed E-state index contributed by atoms with van der Waals surface area (Å²) in [6.45, 7) is 0.499. The molecule has 1 saturated heterocycles. The number of nitrogen functional groups attached to an aromatic ring is 1. The van der Waals surface area contributed by atoms with E-state index in [4.69, 9.17) is 5.73 Å². The van der Waals surface area contributed by atoms with Gasteiger partial charge in [0.05, 0.1) is 5.69 Å². The van der Waals surface area contributed by atoms with Gasteiger partial charge in [-0.15, -0.1) is 0 Å². The maximum Gasteiger partial charge on any atom is 0.255 e. The molecule has 1 amide bonds. The Kier molecular flexibility index (Phi) is 2.78. The fourth-order valence-corrected chi connectivity index (χ4v) is 1.80. The highest BCUT2D eigenvalue weighted by Gasteiger charge is 2.27. The van der Waals surface area contributed by atoms with Gasteiger partial charge in [-0.25, -0.2) is 4.39 Å². The Morgan fingerprint density at radius 1 is 1.50 bits per heavy atom. The van der Waals surface area contributed by atoms with Crippen LogP contribution in [0.4, 0.5) is 15.8 Å². The highest BCUT2D eigenvalue weighted by Crippen LogP contribution is 2.24. The molecule has 1 aliphatic rings. The van der Waals surface area contributed by atoms with Crippen LogP contribution in [0.1, 0.15) is 12.8 Å². The number of piperidine rings is 1. The van der Waals surface area contributed by atoms with E-state index in [-0.39, 0.29) is 11.6 Å². The van der Waals surface area contributed by atoms with Crippen LogP contribution in [0.2, 0.25) is 0 Å². The lowest BCUT2D eigenvalue weighted by atomic mass is 10.1. The average molecular weight is 224 g/mol. The third-order valence-corrected chi connectivity index (χ3v) is 2.71. The van der Waals surface area contributed by atoms with Gasteiger partial charge in [-0.2, -0.15) is 0 Å². The standard InChI is InChI=1S/C11H13FN2O2/c12-8-6-7(3-4-9(8)13)14-5-1-2-10(15)11(14)16/h3-4,6,10,15H,1-2,5,13H2. The number of amides is 1. The van der Waals surface area contributed by atoms with Gasteiger partial charge >= 0.3 is 0 Å². The Balaban J connectivity index is 2.29. The summed E-state index contributed by atoms with van der Waals surface area (Å²) in [5, 5.41) is 9.42. The Bertz CT molecular complexity index is 422. The number of rotatable bonds is 1. The monoisotopic (exact) mass is 224 g/mol. The molecule has 1 atom stereocenters. The summed E-state index contributed by atoms with van der Waals surface area (Å²) in [4.78, 5) is 13.0. The van der Waals surface area contributed by atoms with Crippen LogP contribution < -0.4 is 10.6 Å². The number of anilines is 2. The van der Waals surface area contributed by atoms with Crippen molar-refractivity contribution in [3.05, 3.63) is 24.0 Å². The van der Waals surface area contributed by atoms with Crippen LogP contribution in [0, 0.1) is 5.82 Å². The molecule has 0 aromatic heterocycles. The van der Waals surface area contributed by atoms with E-state index < -0.39 is 11.9 Å². The summed E-state index contributed by atoms with van der Waals surface area (Å²) < 4.78 is 13.2. The number of nitrogens with two attached hydrogens (primary N) is 1. The van der Waals surface area contributed by atoms with Gasteiger partial charge < -0.3 is 15.7 Å². The van der Waals surface area contributed by atoms with Gasteiger partial charge in [0, 0.05) is 12.2 Å². The second-order valence-electron chi connectivity index (χ2n) is 3.85. The van der Waals surface area contributed by atoms with E-state index in [1.54, 1.807) is 6.07 Å². The largest absolute Gasteiger partial charge is 0.396 e. The minimum absolute atomic E-state index is 0.0498. The predicted molar refractivity (Wildman–Crippen MR) is 58.4 cm³/mol.